The fraction of sp³-hybridized carbons (Fsp3) is 0.750. The first kappa shape index (κ1) is 37.4. The van der Waals surface area contributed by atoms with Crippen LogP contribution < -0.4 is 0 Å². The van der Waals surface area contributed by atoms with Crippen molar-refractivity contribution in [1.82, 2.24) is 0 Å². The zero-order valence-corrected chi connectivity index (χ0v) is 24.9. The SMILES string of the molecule is C=CCCCCCCCC(=O)OCC(=O)OC(CC=CCCCCCCCC(=O)OCC(=O)O)CCCCCC. The van der Waals surface area contributed by atoms with E-state index in [4.69, 9.17) is 14.6 Å². The van der Waals surface area contributed by atoms with Gasteiger partial charge >= 0.3 is 23.9 Å². The first-order valence-electron chi connectivity index (χ1n) is 15.4. The van der Waals surface area contributed by atoms with Crippen molar-refractivity contribution in [1.29, 1.82) is 0 Å². The van der Waals surface area contributed by atoms with Crippen molar-refractivity contribution in [3.8, 4) is 0 Å². The lowest BCUT2D eigenvalue weighted by Gasteiger charge is -2.16. The standard InChI is InChI=1S/C32H54O8/c1-3-5-7-9-12-16-21-25-31(36)39-27-32(37)40-28(22-18-8-6-4-2)23-19-15-13-10-11-14-17-20-24-30(35)38-26-29(33)34/h3,15,19,28H,1,4-14,16-18,20-27H2,2H3,(H,33,34). The third kappa shape index (κ3) is 26.9. The molecule has 0 heterocycles. The molecule has 0 aromatic rings. The maximum absolute atomic E-state index is 12.3. The molecule has 0 fully saturated rings. The summed E-state index contributed by atoms with van der Waals surface area (Å²) in [6, 6.07) is 0. The van der Waals surface area contributed by atoms with Gasteiger partial charge in [-0.2, -0.15) is 0 Å². The van der Waals surface area contributed by atoms with Gasteiger partial charge in [0.05, 0.1) is 0 Å². The van der Waals surface area contributed by atoms with E-state index in [1.54, 1.807) is 0 Å². The van der Waals surface area contributed by atoms with Crippen LogP contribution in [0.4, 0.5) is 0 Å². The van der Waals surface area contributed by atoms with Crippen molar-refractivity contribution in [3.63, 3.8) is 0 Å². The van der Waals surface area contributed by atoms with Crippen LogP contribution in [0.1, 0.15) is 135 Å². The van der Waals surface area contributed by atoms with Gasteiger partial charge in [-0.3, -0.25) is 9.59 Å². The minimum atomic E-state index is -1.14. The molecule has 230 valence electrons. The summed E-state index contributed by atoms with van der Waals surface area (Å²) in [4.78, 5) is 46.0. The minimum absolute atomic E-state index is 0.212. The predicted molar refractivity (Wildman–Crippen MR) is 157 cm³/mol. The highest BCUT2D eigenvalue weighted by Crippen LogP contribution is 2.14. The molecule has 0 saturated heterocycles. The molecule has 0 saturated carbocycles. The molecule has 40 heavy (non-hydrogen) atoms. The molecule has 1 N–H and O–H groups in total. The summed E-state index contributed by atoms with van der Waals surface area (Å²) in [5.41, 5.74) is 0. The van der Waals surface area contributed by atoms with Crippen LogP contribution in [0, 0.1) is 0 Å². The Morgan fingerprint density at radius 1 is 0.675 bits per heavy atom. The number of hydrogen-bond acceptors (Lipinski definition) is 7. The molecule has 8 heteroatoms. The zero-order chi connectivity index (χ0) is 29.7. The maximum Gasteiger partial charge on any atom is 0.344 e. The second kappa shape index (κ2) is 27.9. The van der Waals surface area contributed by atoms with E-state index in [0.717, 1.165) is 103 Å². The number of hydrogen-bond donors (Lipinski definition) is 1. The number of carbonyl (C=O) groups excluding carboxylic acids is 3. The molecular formula is C32H54O8. The van der Waals surface area contributed by atoms with Gasteiger partial charge in [-0.25, -0.2) is 9.59 Å². The van der Waals surface area contributed by atoms with E-state index in [0.29, 0.717) is 19.3 Å². The van der Waals surface area contributed by atoms with Gasteiger partial charge in [-0.1, -0.05) is 82.9 Å². The Morgan fingerprint density at radius 3 is 1.82 bits per heavy atom. The highest BCUT2D eigenvalue weighted by Gasteiger charge is 2.15. The molecule has 0 aromatic heterocycles. The molecule has 0 rings (SSSR count). The van der Waals surface area contributed by atoms with Crippen LogP contribution in [0.3, 0.4) is 0 Å². The molecule has 8 nitrogen and oxygen atoms in total. The Bertz CT molecular complexity index is 716. The summed E-state index contributed by atoms with van der Waals surface area (Å²) < 4.78 is 15.4. The number of allylic oxidation sites excluding steroid dienone is 2. The quantitative estimate of drug-likeness (QED) is 0.0444. The molecule has 1 unspecified atom stereocenters. The lowest BCUT2D eigenvalue weighted by Crippen LogP contribution is -2.23. The van der Waals surface area contributed by atoms with Crippen LogP contribution in [0.15, 0.2) is 24.8 Å². The zero-order valence-electron chi connectivity index (χ0n) is 24.9. The van der Waals surface area contributed by atoms with E-state index in [9.17, 15) is 19.2 Å². The van der Waals surface area contributed by atoms with Crippen LogP contribution in [0.25, 0.3) is 0 Å². The number of carbonyl (C=O) groups is 4. The van der Waals surface area contributed by atoms with Crippen LogP contribution in [-0.2, 0) is 33.4 Å². The number of aliphatic carboxylic acids is 1. The van der Waals surface area contributed by atoms with E-state index in [-0.39, 0.29) is 25.1 Å². The predicted octanol–water partition coefficient (Wildman–Crippen LogP) is 7.63. The number of rotatable bonds is 28. The van der Waals surface area contributed by atoms with Crippen LogP contribution >= 0.6 is 0 Å². The Kier molecular flexibility index (Phi) is 26.1. The second-order valence-electron chi connectivity index (χ2n) is 10.3. The van der Waals surface area contributed by atoms with Gasteiger partial charge < -0.3 is 19.3 Å². The lowest BCUT2D eigenvalue weighted by molar-refractivity contribution is -0.162. The molecule has 0 aliphatic rings. The number of carboxylic acids is 1. The highest BCUT2D eigenvalue weighted by atomic mass is 16.6. The number of carboxylic acid groups (broad SMARTS) is 1. The smallest absolute Gasteiger partial charge is 0.344 e. The van der Waals surface area contributed by atoms with Gasteiger partial charge in [0, 0.05) is 19.3 Å². The van der Waals surface area contributed by atoms with Crippen molar-refractivity contribution in [3.05, 3.63) is 24.8 Å². The largest absolute Gasteiger partial charge is 0.479 e. The first-order valence-corrected chi connectivity index (χ1v) is 15.4. The number of esters is 3. The average Bonchev–Trinajstić information content (AvgIpc) is 2.93. The van der Waals surface area contributed by atoms with Gasteiger partial charge in [0.15, 0.2) is 13.2 Å². The number of ether oxygens (including phenoxy) is 3. The normalized spacial score (nSPS) is 11.7. The first-order chi connectivity index (χ1) is 19.4. The molecule has 1 atom stereocenters. The topological polar surface area (TPSA) is 116 Å². The second-order valence-corrected chi connectivity index (χ2v) is 10.3. The van der Waals surface area contributed by atoms with Crippen molar-refractivity contribution in [2.45, 2.75) is 141 Å². The summed E-state index contributed by atoms with van der Waals surface area (Å²) >= 11 is 0. The van der Waals surface area contributed by atoms with Gasteiger partial charge in [-0.05, 0) is 51.4 Å². The molecule has 0 aromatic carbocycles. The van der Waals surface area contributed by atoms with Gasteiger partial charge in [-0.15, -0.1) is 6.58 Å². The van der Waals surface area contributed by atoms with Crippen LogP contribution in [0.5, 0.6) is 0 Å². The van der Waals surface area contributed by atoms with Gasteiger partial charge in [0.1, 0.15) is 6.10 Å². The van der Waals surface area contributed by atoms with Crippen LogP contribution in [-0.4, -0.2) is 48.3 Å². The fourth-order valence-electron chi connectivity index (χ4n) is 4.19. The molecule has 0 aliphatic heterocycles. The fourth-order valence-corrected chi connectivity index (χ4v) is 4.19. The summed E-state index contributed by atoms with van der Waals surface area (Å²) in [6.07, 6.45) is 24.1. The summed E-state index contributed by atoms with van der Waals surface area (Å²) in [6.45, 7) is 4.97. The summed E-state index contributed by atoms with van der Waals surface area (Å²) in [5, 5.41) is 8.49. The molecule has 0 radical (unpaired) electrons. The van der Waals surface area contributed by atoms with E-state index in [1.165, 1.54) is 0 Å². The molecular weight excluding hydrogens is 512 g/mol. The van der Waals surface area contributed by atoms with Gasteiger partial charge in [0.25, 0.3) is 0 Å². The maximum atomic E-state index is 12.3. The Balaban J connectivity index is 4.11. The third-order valence-electron chi connectivity index (χ3n) is 6.49. The van der Waals surface area contributed by atoms with Crippen molar-refractivity contribution in [2.24, 2.45) is 0 Å². The van der Waals surface area contributed by atoms with E-state index in [1.807, 2.05) is 6.08 Å². The lowest BCUT2D eigenvalue weighted by atomic mass is 10.1. The van der Waals surface area contributed by atoms with Crippen molar-refractivity contribution < 1.29 is 38.5 Å². The Morgan fingerprint density at radius 2 is 1.23 bits per heavy atom. The summed E-state index contributed by atoms with van der Waals surface area (Å²) in [5.74, 6) is -2.44. The molecule has 0 aliphatic carbocycles. The van der Waals surface area contributed by atoms with Gasteiger partial charge in [0.2, 0.25) is 0 Å². The Labute approximate surface area is 241 Å². The van der Waals surface area contributed by atoms with Crippen molar-refractivity contribution in [2.75, 3.05) is 13.2 Å². The van der Waals surface area contributed by atoms with E-state index >= 15 is 0 Å². The Hall–Kier alpha value is -2.64. The third-order valence-corrected chi connectivity index (χ3v) is 6.49. The van der Waals surface area contributed by atoms with E-state index in [2.05, 4.69) is 30.4 Å². The van der Waals surface area contributed by atoms with E-state index < -0.39 is 24.5 Å². The highest BCUT2D eigenvalue weighted by molar-refractivity contribution is 5.76. The number of unbranched alkanes of at least 4 members (excludes halogenated alkanes) is 13. The van der Waals surface area contributed by atoms with Crippen molar-refractivity contribution >= 4 is 23.9 Å². The summed E-state index contributed by atoms with van der Waals surface area (Å²) in [7, 11) is 0. The average molecular weight is 567 g/mol. The monoisotopic (exact) mass is 566 g/mol. The van der Waals surface area contributed by atoms with Crippen LogP contribution in [0.2, 0.25) is 0 Å². The molecule has 0 amide bonds. The molecule has 0 spiro atoms. The molecule has 0 bridgehead atoms. The minimum Gasteiger partial charge on any atom is -0.479 e.